The largest absolute Gasteiger partial charge is 0.463 e. The summed E-state index contributed by atoms with van der Waals surface area (Å²) in [6, 6.07) is 5.30. The van der Waals surface area contributed by atoms with Crippen LogP contribution in [0.25, 0.3) is 0 Å². The SMILES string of the molecule is CC(=O)NC1C(OCPCNC(=O)CCOCC(COCCC(=O)NCC(C)CC(C)(C)COC2OC(COC(C)=O)C(OC(C)=O)C(OC(C)=O)C2NC(C)=O)(COCCC(=O)NCC(C)(C)CC(C)COC2OC(COC(C)=O)C(OC(C)=O)C(OC(C)=O)C2NC(C)=O)NC(=O)CCCC(=O)OCc2ccccc2)OC(COC(C)=O)C(OC(C)=O)C1OC(C)=O. The van der Waals surface area contributed by atoms with Crippen molar-refractivity contribution < 1.29 is 172 Å². The third-order valence-electron chi connectivity index (χ3n) is 19.4. The maximum absolute atomic E-state index is 14.2. The highest BCUT2D eigenvalue weighted by molar-refractivity contribution is 7.37. The Morgan fingerprint density at radius 3 is 1.19 bits per heavy atom. The third kappa shape index (κ3) is 44.6. The van der Waals surface area contributed by atoms with Crippen LogP contribution in [0.3, 0.4) is 0 Å². The quantitative estimate of drug-likeness (QED) is 0.0212. The molecule has 0 radical (unpaired) electrons. The Kier molecular flexibility index (Phi) is 49.1. The van der Waals surface area contributed by atoms with Gasteiger partial charge in [-0.2, -0.15) is 0 Å². The molecule has 7 N–H and O–H groups in total. The Hall–Kier alpha value is -9.72. The second-order valence-electron chi connectivity index (χ2n) is 33.4. The molecule has 129 heavy (non-hydrogen) atoms. The lowest BCUT2D eigenvalue weighted by atomic mass is 9.83. The molecule has 19 atom stereocenters. The van der Waals surface area contributed by atoms with Crippen LogP contribution in [0.4, 0.5) is 0 Å². The molecule has 1 aromatic rings. The molecule has 3 aliphatic rings. The summed E-state index contributed by atoms with van der Waals surface area (Å²) in [5.41, 5.74) is -2.17. The zero-order chi connectivity index (χ0) is 96.3. The van der Waals surface area contributed by atoms with Crippen molar-refractivity contribution in [2.45, 2.75) is 280 Å². The number of esters is 10. The average Bonchev–Trinajstić information content (AvgIpc) is 0.792. The summed E-state index contributed by atoms with van der Waals surface area (Å²) in [6.45, 7) is 22.0. The molecule has 4 rings (SSSR count). The Morgan fingerprint density at radius 1 is 0.403 bits per heavy atom. The Labute approximate surface area is 752 Å². The lowest BCUT2D eigenvalue weighted by molar-refractivity contribution is -0.282. The first-order chi connectivity index (χ1) is 60.6. The van der Waals surface area contributed by atoms with Gasteiger partial charge in [-0.05, 0) is 47.5 Å². The number of benzene rings is 1. The van der Waals surface area contributed by atoms with Crippen molar-refractivity contribution in [3.05, 3.63) is 35.9 Å². The van der Waals surface area contributed by atoms with Crippen LogP contribution in [0.2, 0.25) is 0 Å². The summed E-state index contributed by atoms with van der Waals surface area (Å²) in [6.07, 6.45) is -16.0. The first-order valence-electron chi connectivity index (χ1n) is 42.5. The van der Waals surface area contributed by atoms with Gasteiger partial charge in [0.2, 0.25) is 41.4 Å². The van der Waals surface area contributed by atoms with Gasteiger partial charge in [-0.3, -0.25) is 81.5 Å². The van der Waals surface area contributed by atoms with E-state index < -0.39 is 249 Å². The first-order valence-corrected chi connectivity index (χ1v) is 43.9. The van der Waals surface area contributed by atoms with Crippen LogP contribution in [0.1, 0.15) is 182 Å². The van der Waals surface area contributed by atoms with E-state index in [1.165, 1.54) is 20.8 Å². The van der Waals surface area contributed by atoms with E-state index in [0.29, 0.717) is 12.8 Å². The van der Waals surface area contributed by atoms with E-state index >= 15 is 0 Å². The van der Waals surface area contributed by atoms with Crippen molar-refractivity contribution in [1.82, 2.24) is 37.2 Å². The van der Waals surface area contributed by atoms with Gasteiger partial charge < -0.3 is 127 Å². The summed E-state index contributed by atoms with van der Waals surface area (Å²) in [7, 11) is -0.168. The van der Waals surface area contributed by atoms with E-state index in [9.17, 15) is 81.5 Å². The molecule has 19 unspecified atom stereocenters. The van der Waals surface area contributed by atoms with Crippen LogP contribution in [-0.2, 0) is 178 Å². The van der Waals surface area contributed by atoms with E-state index in [0.717, 1.165) is 67.9 Å². The van der Waals surface area contributed by atoms with E-state index in [1.807, 2.05) is 47.6 Å². The third-order valence-corrected chi connectivity index (χ3v) is 20.2. The monoisotopic (exact) mass is 1860 g/mol. The van der Waals surface area contributed by atoms with Crippen molar-refractivity contribution in [3.8, 4) is 0 Å². The van der Waals surface area contributed by atoms with E-state index in [1.54, 1.807) is 24.3 Å². The summed E-state index contributed by atoms with van der Waals surface area (Å²) in [5, 5.41) is 19.5. The maximum atomic E-state index is 14.2. The van der Waals surface area contributed by atoms with E-state index in [4.69, 9.17) is 90.0 Å². The Bertz CT molecular complexity index is 3860. The van der Waals surface area contributed by atoms with Crippen LogP contribution in [-0.4, -0.2) is 297 Å². The van der Waals surface area contributed by atoms with Gasteiger partial charge in [-0.15, -0.1) is 0 Å². The zero-order valence-corrected chi connectivity index (χ0v) is 77.9. The van der Waals surface area contributed by atoms with Crippen molar-refractivity contribution in [1.29, 1.82) is 0 Å². The summed E-state index contributed by atoms with van der Waals surface area (Å²) in [5.74, 6) is -11.5. The fraction of sp³-hybridized carbons (Fsp3) is 0.729. The molecule has 3 fully saturated rings. The highest BCUT2D eigenvalue weighted by Crippen LogP contribution is 2.35. The maximum Gasteiger partial charge on any atom is 0.306 e. The predicted molar refractivity (Wildman–Crippen MR) is 450 cm³/mol. The second-order valence-corrected chi connectivity index (χ2v) is 34.5. The molecule has 0 bridgehead atoms. The molecule has 3 heterocycles. The number of carbonyl (C=O) groups is 17. The van der Waals surface area contributed by atoms with Crippen LogP contribution in [0.5, 0.6) is 0 Å². The van der Waals surface area contributed by atoms with Gasteiger partial charge in [0.25, 0.3) is 0 Å². The minimum atomic E-state index is -1.63. The van der Waals surface area contributed by atoms with Gasteiger partial charge in [-0.1, -0.05) is 80.5 Å². The molecule has 0 spiro atoms. The highest BCUT2D eigenvalue weighted by atomic mass is 31.1. The predicted octanol–water partition coefficient (Wildman–Crippen LogP) is 2.04. The number of hydrogen-bond donors (Lipinski definition) is 7. The van der Waals surface area contributed by atoms with E-state index in [-0.39, 0.29) is 124 Å². The van der Waals surface area contributed by atoms with Gasteiger partial charge in [0, 0.05) is 135 Å². The number of hydrogen-bond acceptors (Lipinski definition) is 36. The molecule has 0 saturated carbocycles. The van der Waals surface area contributed by atoms with Crippen molar-refractivity contribution in [2.24, 2.45) is 22.7 Å². The van der Waals surface area contributed by atoms with Crippen molar-refractivity contribution in [3.63, 3.8) is 0 Å². The molecule has 43 nitrogen and oxygen atoms in total. The van der Waals surface area contributed by atoms with Gasteiger partial charge in [0.15, 0.2) is 55.5 Å². The number of ether oxygens (including phenoxy) is 19. The molecule has 0 aliphatic carbocycles. The molecule has 44 heteroatoms. The molecule has 0 aromatic heterocycles. The summed E-state index contributed by atoms with van der Waals surface area (Å²) in [4.78, 5) is 216. The van der Waals surface area contributed by atoms with Crippen LogP contribution in [0.15, 0.2) is 30.3 Å². The van der Waals surface area contributed by atoms with Gasteiger partial charge >= 0.3 is 59.7 Å². The number of nitrogens with one attached hydrogen (secondary N) is 7. The molecule has 3 saturated heterocycles. The van der Waals surface area contributed by atoms with Gasteiger partial charge in [0.05, 0.1) is 59.2 Å². The first kappa shape index (κ1) is 112. The van der Waals surface area contributed by atoms with Gasteiger partial charge in [-0.25, -0.2) is 0 Å². The lowest BCUT2D eigenvalue weighted by Crippen LogP contribution is -2.66. The van der Waals surface area contributed by atoms with E-state index in [2.05, 4.69) is 37.2 Å². The van der Waals surface area contributed by atoms with Crippen LogP contribution >= 0.6 is 8.58 Å². The van der Waals surface area contributed by atoms with Gasteiger partial charge in [0.1, 0.15) is 68.4 Å². The average molecular weight is 1860 g/mol. The molecule has 728 valence electrons. The topological polar surface area (TPSA) is 550 Å². The normalized spacial score (nSPS) is 23.0. The minimum Gasteiger partial charge on any atom is -0.463 e. The lowest BCUT2D eigenvalue weighted by Gasteiger charge is -2.45. The molecule has 3 aliphatic heterocycles. The van der Waals surface area contributed by atoms with Crippen molar-refractivity contribution >= 4 is 110 Å². The molecule has 7 amide bonds. The molecule has 1 aromatic carbocycles. The Balaban J connectivity index is 1.55. The summed E-state index contributed by atoms with van der Waals surface area (Å²) >= 11 is 0. The number of rotatable bonds is 56. The zero-order valence-electron chi connectivity index (χ0n) is 76.9. The van der Waals surface area contributed by atoms with Crippen molar-refractivity contribution in [2.75, 3.05) is 98.4 Å². The molecular weight excluding hydrogens is 1730 g/mol. The smallest absolute Gasteiger partial charge is 0.306 e. The van der Waals surface area contributed by atoms with Crippen LogP contribution in [0, 0.1) is 22.7 Å². The highest BCUT2D eigenvalue weighted by Gasteiger charge is 2.55. The second kappa shape index (κ2) is 56.8. The van der Waals surface area contributed by atoms with Crippen LogP contribution < -0.4 is 37.2 Å². The fourth-order valence-corrected chi connectivity index (χ4v) is 15.1. The number of carbonyl (C=O) groups excluding carboxylic acids is 17. The summed E-state index contributed by atoms with van der Waals surface area (Å²) < 4.78 is 110. The molecular formula is C85H132N7O36P. The Morgan fingerprint density at radius 2 is 0.783 bits per heavy atom. The number of amides is 7. The fourth-order valence-electron chi connectivity index (χ4n) is 14.4. The minimum absolute atomic E-state index is 0.00570. The standard InChI is InChI=1S/C85H132N7O36P/c1-48(33-84(17,18)42-118-81-72(90-51(4)94)78(124-60(13)103)75(121-57(10)100)64(127-81)39-114-54(7)97)35-86-66(105)27-30-110-43-85(92-69(108)25-22-26-70(109)116-37-62-23-20-19-21-24-62,45-112-32-29-68(107)88-46-129-47-119-82-73(91-52(5)95)79(125-61(14)104)76(122-58(11)101)65(128-82)40-115-55(8)98)44-111-31-28-67(106)87-41-83(15,16)34-49(2)36-117-80-71(89-50(3)93)77(123-59(12)102)74(120-56(9)99)63(126-80)38-113-53(6)96/h19-21,23-24,48-49,63-65,71-82,129H,22,25-47H2,1-18H3,(H,86,105)(H,87,106)(H,88,107)(H,89,93)(H,90,94)(H,91,95)(H,92,108).